The molecule has 0 aromatic heterocycles. The Bertz CT molecular complexity index is 443. The molecule has 0 N–H and O–H groups in total. The standard InChI is InChI=1S/C15H20INO2S/c1-19-10-11-8-13(20-2)17(9-11)15(18)14(16)12-6-4-3-5-7-12/h3-7,11,13-14H,8-10H2,1-2H3/t11?,13-,14?/m1/s1. The molecule has 2 rings (SSSR count). The summed E-state index contributed by atoms with van der Waals surface area (Å²) >= 11 is 4.00. The van der Waals surface area contributed by atoms with Gasteiger partial charge in [0.15, 0.2) is 0 Å². The van der Waals surface area contributed by atoms with Crippen LogP contribution in [-0.4, -0.2) is 42.7 Å². The zero-order chi connectivity index (χ0) is 14.5. The van der Waals surface area contributed by atoms with Crippen LogP contribution in [0.1, 0.15) is 15.9 Å². The number of hydrogen-bond donors (Lipinski definition) is 0. The summed E-state index contributed by atoms with van der Waals surface area (Å²) in [5.41, 5.74) is 1.08. The highest BCUT2D eigenvalue weighted by molar-refractivity contribution is 14.1. The molecule has 1 aromatic carbocycles. The topological polar surface area (TPSA) is 29.5 Å². The maximum Gasteiger partial charge on any atom is 0.240 e. The molecule has 2 unspecified atom stereocenters. The van der Waals surface area contributed by atoms with E-state index in [4.69, 9.17) is 4.74 Å². The highest BCUT2D eigenvalue weighted by atomic mass is 127. The highest BCUT2D eigenvalue weighted by Crippen LogP contribution is 2.35. The lowest BCUT2D eigenvalue weighted by Crippen LogP contribution is -2.36. The van der Waals surface area contributed by atoms with Crippen molar-refractivity contribution in [3.05, 3.63) is 35.9 Å². The van der Waals surface area contributed by atoms with Crippen LogP contribution in [0.5, 0.6) is 0 Å². The molecule has 1 saturated heterocycles. The average Bonchev–Trinajstić information content (AvgIpc) is 2.90. The third-order valence-electron chi connectivity index (χ3n) is 3.60. The van der Waals surface area contributed by atoms with Crippen LogP contribution in [0.4, 0.5) is 0 Å². The Morgan fingerprint density at radius 3 is 2.80 bits per heavy atom. The number of amides is 1. The van der Waals surface area contributed by atoms with E-state index in [2.05, 4.69) is 28.8 Å². The van der Waals surface area contributed by atoms with Gasteiger partial charge in [0.2, 0.25) is 5.91 Å². The number of benzene rings is 1. The SMILES string of the molecule is COCC1C[C@@H](SC)N(C(=O)C(I)c2ccccc2)C1. The van der Waals surface area contributed by atoms with Gasteiger partial charge in [-0.05, 0) is 18.2 Å². The maximum absolute atomic E-state index is 12.7. The van der Waals surface area contributed by atoms with Gasteiger partial charge >= 0.3 is 0 Å². The van der Waals surface area contributed by atoms with E-state index in [1.54, 1.807) is 18.9 Å². The van der Waals surface area contributed by atoms with Crippen molar-refractivity contribution < 1.29 is 9.53 Å². The van der Waals surface area contributed by atoms with Gasteiger partial charge in [-0.25, -0.2) is 0 Å². The van der Waals surface area contributed by atoms with Crippen molar-refractivity contribution in [2.24, 2.45) is 5.92 Å². The van der Waals surface area contributed by atoms with E-state index in [0.717, 1.165) is 25.1 Å². The van der Waals surface area contributed by atoms with Gasteiger partial charge in [-0.2, -0.15) is 0 Å². The van der Waals surface area contributed by atoms with Crippen LogP contribution in [0.25, 0.3) is 0 Å². The Labute approximate surface area is 138 Å². The van der Waals surface area contributed by atoms with Crippen LogP contribution in [0.2, 0.25) is 0 Å². The predicted molar refractivity (Wildman–Crippen MR) is 92.2 cm³/mol. The minimum absolute atomic E-state index is 0.107. The van der Waals surface area contributed by atoms with Gasteiger partial charge < -0.3 is 9.64 Å². The summed E-state index contributed by atoms with van der Waals surface area (Å²) in [6, 6.07) is 9.99. The molecular formula is C15H20INO2S. The van der Waals surface area contributed by atoms with Gasteiger partial charge in [-0.15, -0.1) is 11.8 Å². The molecule has 1 amide bonds. The monoisotopic (exact) mass is 405 g/mol. The van der Waals surface area contributed by atoms with Crippen LogP contribution < -0.4 is 0 Å². The molecule has 1 aliphatic rings. The fourth-order valence-corrected chi connectivity index (χ4v) is 4.29. The minimum atomic E-state index is -0.107. The first-order valence-corrected chi connectivity index (χ1v) is 9.22. The Kier molecular flexibility index (Phi) is 6.17. The van der Waals surface area contributed by atoms with E-state index in [0.29, 0.717) is 5.92 Å². The molecule has 3 atom stereocenters. The van der Waals surface area contributed by atoms with Crippen molar-refractivity contribution in [2.75, 3.05) is 26.5 Å². The van der Waals surface area contributed by atoms with Gasteiger partial charge in [0.05, 0.1) is 12.0 Å². The lowest BCUT2D eigenvalue weighted by molar-refractivity contribution is -0.130. The van der Waals surface area contributed by atoms with Crippen molar-refractivity contribution in [3.8, 4) is 0 Å². The van der Waals surface area contributed by atoms with E-state index in [1.165, 1.54) is 0 Å². The normalized spacial score (nSPS) is 23.9. The van der Waals surface area contributed by atoms with E-state index >= 15 is 0 Å². The van der Waals surface area contributed by atoms with Crippen molar-refractivity contribution in [1.29, 1.82) is 0 Å². The lowest BCUT2D eigenvalue weighted by atomic mass is 10.1. The van der Waals surface area contributed by atoms with Crippen LogP contribution in [0.3, 0.4) is 0 Å². The summed E-state index contributed by atoms with van der Waals surface area (Å²) < 4.78 is 5.14. The molecular weight excluding hydrogens is 385 g/mol. The van der Waals surface area contributed by atoms with E-state index < -0.39 is 0 Å². The van der Waals surface area contributed by atoms with Gasteiger partial charge in [-0.1, -0.05) is 52.9 Å². The largest absolute Gasteiger partial charge is 0.384 e. The number of ether oxygens (including phenoxy) is 1. The quantitative estimate of drug-likeness (QED) is 0.556. The fraction of sp³-hybridized carbons (Fsp3) is 0.533. The van der Waals surface area contributed by atoms with Gasteiger partial charge in [0.25, 0.3) is 0 Å². The molecule has 0 saturated carbocycles. The molecule has 0 radical (unpaired) electrons. The summed E-state index contributed by atoms with van der Waals surface area (Å²) in [6.45, 7) is 1.54. The molecule has 1 heterocycles. The number of nitrogens with zero attached hydrogens (tertiary/aromatic N) is 1. The van der Waals surface area contributed by atoms with Gasteiger partial charge in [0, 0.05) is 19.6 Å². The first-order valence-electron chi connectivity index (χ1n) is 6.68. The first-order chi connectivity index (χ1) is 9.67. The van der Waals surface area contributed by atoms with E-state index in [-0.39, 0.29) is 15.2 Å². The Morgan fingerprint density at radius 1 is 1.50 bits per heavy atom. The molecule has 20 heavy (non-hydrogen) atoms. The fourth-order valence-electron chi connectivity index (χ4n) is 2.60. The molecule has 5 heteroatoms. The molecule has 1 aliphatic heterocycles. The Morgan fingerprint density at radius 2 is 2.20 bits per heavy atom. The molecule has 0 aliphatic carbocycles. The van der Waals surface area contributed by atoms with Crippen molar-refractivity contribution in [3.63, 3.8) is 0 Å². The number of carbonyl (C=O) groups is 1. The predicted octanol–water partition coefficient (Wildman–Crippen LogP) is 3.35. The van der Waals surface area contributed by atoms with Gasteiger partial charge in [-0.3, -0.25) is 4.79 Å². The zero-order valence-corrected chi connectivity index (χ0v) is 14.8. The molecule has 0 bridgehead atoms. The molecule has 3 nitrogen and oxygen atoms in total. The van der Waals surface area contributed by atoms with Crippen molar-refractivity contribution >= 4 is 40.3 Å². The number of halogens is 1. The number of methoxy groups -OCH3 is 1. The Hall–Kier alpha value is -0.270. The second-order valence-electron chi connectivity index (χ2n) is 5.01. The summed E-state index contributed by atoms with van der Waals surface area (Å²) in [5.74, 6) is 0.676. The minimum Gasteiger partial charge on any atom is -0.384 e. The van der Waals surface area contributed by atoms with E-state index in [1.807, 2.05) is 35.2 Å². The Balaban J connectivity index is 2.07. The number of hydrogen-bond acceptors (Lipinski definition) is 3. The van der Waals surface area contributed by atoms with Crippen molar-refractivity contribution in [2.45, 2.75) is 15.7 Å². The maximum atomic E-state index is 12.7. The smallest absolute Gasteiger partial charge is 0.240 e. The summed E-state index contributed by atoms with van der Waals surface area (Å²) in [5, 5.41) is 0.281. The number of carbonyl (C=O) groups excluding carboxylic acids is 1. The molecule has 0 spiro atoms. The van der Waals surface area contributed by atoms with E-state index in [9.17, 15) is 4.79 Å². The zero-order valence-electron chi connectivity index (χ0n) is 11.8. The van der Waals surface area contributed by atoms with Crippen LogP contribution >= 0.6 is 34.4 Å². The average molecular weight is 405 g/mol. The van der Waals surface area contributed by atoms with Gasteiger partial charge in [0.1, 0.15) is 3.92 Å². The second-order valence-corrected chi connectivity index (χ2v) is 7.27. The number of alkyl halides is 1. The number of rotatable bonds is 5. The van der Waals surface area contributed by atoms with Crippen LogP contribution in [-0.2, 0) is 9.53 Å². The summed E-state index contributed by atoms with van der Waals surface area (Å²) in [7, 11) is 1.73. The van der Waals surface area contributed by atoms with Crippen LogP contribution in [0, 0.1) is 5.92 Å². The summed E-state index contributed by atoms with van der Waals surface area (Å²) in [4.78, 5) is 14.8. The third-order valence-corrected chi connectivity index (χ3v) is 5.85. The highest BCUT2D eigenvalue weighted by Gasteiger charge is 2.37. The molecule has 1 aromatic rings. The van der Waals surface area contributed by atoms with Crippen LogP contribution in [0.15, 0.2) is 30.3 Å². The molecule has 1 fully saturated rings. The molecule has 110 valence electrons. The number of likely N-dealkylation sites (tertiary alicyclic amines) is 1. The summed E-state index contributed by atoms with van der Waals surface area (Å²) in [6.07, 6.45) is 3.10. The number of thioether (sulfide) groups is 1. The third kappa shape index (κ3) is 3.68. The first kappa shape index (κ1) is 16.1. The second kappa shape index (κ2) is 7.66. The lowest BCUT2D eigenvalue weighted by Gasteiger charge is -2.25. The van der Waals surface area contributed by atoms with Crippen molar-refractivity contribution in [1.82, 2.24) is 4.90 Å².